The zero-order valence-electron chi connectivity index (χ0n) is 34.7. The Labute approximate surface area is 420 Å². The number of rotatable bonds is 12. The normalized spacial score (nSPS) is 8.21. The maximum absolute atomic E-state index is 6.75. The van der Waals surface area contributed by atoms with Gasteiger partial charge in [-0.3, -0.25) is 69.0 Å². The van der Waals surface area contributed by atoms with Crippen LogP contribution in [0.5, 0.6) is 0 Å². The summed E-state index contributed by atoms with van der Waals surface area (Å²) < 4.78 is 11.1. The Bertz CT molecular complexity index is 1680. The molecule has 66 heavy (non-hydrogen) atoms. The summed E-state index contributed by atoms with van der Waals surface area (Å²) in [6, 6.07) is 23.7. The van der Waals surface area contributed by atoms with Gasteiger partial charge in [-0.1, -0.05) is 24.3 Å². The minimum Gasteiger partial charge on any atom is -0.373 e. The standard InChI is InChI=1S/2C15H19N3O.4Cu.8N3/c2*1-18(12-9-13-7-3-5-10-16-13)15(19-2)14-8-4-6-11-17-14;;;;;8*1-3-2/h2*3-8,10-11,15H,9,12H2,1-2H3;;;;;;;;;;;;/q;;4*+2;8*-1/t2*15-;;;;;;;;;;;;/m10............/s1. The van der Waals surface area contributed by atoms with E-state index in [-0.39, 0.29) is 80.7 Å². The van der Waals surface area contributed by atoms with E-state index in [2.05, 4.69) is 29.7 Å². The van der Waals surface area contributed by atoms with Crippen molar-refractivity contribution >= 4 is 0 Å². The van der Waals surface area contributed by atoms with Crippen LogP contribution in [0, 0.1) is 0 Å². The molecule has 0 saturated heterocycles. The van der Waals surface area contributed by atoms with E-state index in [1.807, 2.05) is 99.3 Å². The Balaban J connectivity index is -0.0000000774. The predicted octanol–water partition coefficient (Wildman–Crippen LogP) is 11.5. The molecule has 0 aliphatic carbocycles. The molecule has 0 bridgehead atoms. The minimum absolute atomic E-state index is 0. The second kappa shape index (κ2) is 72.4. The van der Waals surface area contributed by atoms with Crippen molar-refractivity contribution in [1.29, 1.82) is 0 Å². The number of likely N-dealkylation sites (N-methyl/N-ethyl adjacent to an activating group) is 2. The van der Waals surface area contributed by atoms with Crippen LogP contribution in [-0.2, 0) is 90.6 Å². The van der Waals surface area contributed by atoms with E-state index < -0.39 is 0 Å². The minimum atomic E-state index is -0.120. The molecule has 0 spiro atoms. The Hall–Kier alpha value is -7.00. The maximum Gasteiger partial charge on any atom is 2.00 e. The van der Waals surface area contributed by atoms with E-state index >= 15 is 0 Å². The average Bonchev–Trinajstić information content (AvgIpc) is 3.27. The fourth-order valence-electron chi connectivity index (χ4n) is 4.01. The number of pyridine rings is 4. The van der Waals surface area contributed by atoms with E-state index in [0.29, 0.717) is 0 Å². The van der Waals surface area contributed by atoms with Crippen molar-refractivity contribution in [3.63, 3.8) is 0 Å². The van der Waals surface area contributed by atoms with Crippen LogP contribution in [-0.4, -0.2) is 71.1 Å². The van der Waals surface area contributed by atoms with Crippen molar-refractivity contribution in [2.24, 2.45) is 0 Å². The number of nitrogens with zero attached hydrogens (tertiary/aromatic N) is 30. The van der Waals surface area contributed by atoms with E-state index in [0.717, 1.165) is 48.7 Å². The van der Waals surface area contributed by atoms with Gasteiger partial charge in [0.05, 0.1) is 11.4 Å². The van der Waals surface area contributed by atoms with E-state index in [1.165, 1.54) is 39.3 Å². The number of hydrogen-bond acceptors (Lipinski definition) is 8. The maximum atomic E-state index is 6.75. The van der Waals surface area contributed by atoms with Crippen LogP contribution in [0.2, 0.25) is 0 Å². The van der Waals surface area contributed by atoms with Crippen LogP contribution in [0.25, 0.3) is 128 Å². The zero-order chi connectivity index (χ0) is 48.7. The number of ether oxygens (including phenoxy) is 2. The first-order valence-corrected chi connectivity index (χ1v) is 15.9. The topological polar surface area (TPSA) is 546 Å². The molecule has 4 aromatic rings. The van der Waals surface area contributed by atoms with Gasteiger partial charge in [0.2, 0.25) is 0 Å². The van der Waals surface area contributed by atoms with Gasteiger partial charge in [0.1, 0.15) is 0 Å². The summed E-state index contributed by atoms with van der Waals surface area (Å²) in [7, 11) is 7.48. The summed E-state index contributed by atoms with van der Waals surface area (Å²) >= 11 is 0. The van der Waals surface area contributed by atoms with Crippen LogP contribution >= 0.6 is 0 Å². The van der Waals surface area contributed by atoms with Gasteiger partial charge < -0.3 is 98.0 Å². The number of hydrogen-bond donors (Lipinski definition) is 0. The van der Waals surface area contributed by atoms with E-state index in [1.54, 1.807) is 26.6 Å². The molecule has 0 amide bonds. The first-order valence-electron chi connectivity index (χ1n) is 15.9. The van der Waals surface area contributed by atoms with E-state index in [4.69, 9.17) is 98.0 Å². The van der Waals surface area contributed by atoms with Crippen LogP contribution in [0.15, 0.2) is 97.6 Å². The van der Waals surface area contributed by atoms with Gasteiger partial charge in [0.25, 0.3) is 0 Å². The van der Waals surface area contributed by atoms with Gasteiger partial charge in [-0.15, -0.1) is 0 Å². The third kappa shape index (κ3) is 59.1. The smallest absolute Gasteiger partial charge is 0.373 e. The molecule has 0 aromatic carbocycles. The zero-order valence-corrected chi connectivity index (χ0v) is 38.4. The van der Waals surface area contributed by atoms with Crippen molar-refractivity contribution in [3.8, 4) is 0 Å². The fourth-order valence-corrected chi connectivity index (χ4v) is 4.01. The second-order valence-corrected chi connectivity index (χ2v) is 9.50. The molecule has 0 aliphatic rings. The number of aromatic nitrogens is 4. The van der Waals surface area contributed by atoms with Gasteiger partial charge in [0.15, 0.2) is 12.5 Å². The fraction of sp³-hybridized carbons (Fsp3) is 0.333. The molecule has 0 saturated carbocycles. The van der Waals surface area contributed by atoms with Gasteiger partial charge in [-0.05, 0) is 62.6 Å². The van der Waals surface area contributed by atoms with Gasteiger partial charge in [0, 0.05) is 76.3 Å². The predicted molar refractivity (Wildman–Crippen MR) is 230 cm³/mol. The molecule has 4 aromatic heterocycles. The summed E-state index contributed by atoms with van der Waals surface area (Å²) in [5.41, 5.74) is 112. The molecule has 0 unspecified atom stereocenters. The molecular formula is C30H38Cu4N30O2. The van der Waals surface area contributed by atoms with E-state index in [9.17, 15) is 0 Å². The summed E-state index contributed by atoms with van der Waals surface area (Å²) in [6.07, 6.45) is 8.76. The molecule has 4 rings (SSSR count). The molecule has 2 atom stereocenters. The molecule has 0 fully saturated rings. The Kier molecular flexibility index (Phi) is 90.7. The van der Waals surface area contributed by atoms with Crippen molar-refractivity contribution in [2.75, 3.05) is 41.4 Å². The van der Waals surface area contributed by atoms with Crippen molar-refractivity contribution in [3.05, 3.63) is 248 Å². The van der Waals surface area contributed by atoms with Gasteiger partial charge in [-0.25, -0.2) is 0 Å². The van der Waals surface area contributed by atoms with Crippen LogP contribution in [0.4, 0.5) is 0 Å². The Morgan fingerprint density at radius 2 is 0.606 bits per heavy atom. The summed E-state index contributed by atoms with van der Waals surface area (Å²) in [5.74, 6) is 0. The monoisotopic (exact) mass is 1100 g/mol. The SMILES string of the molecule is CO[C@@H](c1ccccn1)N(C)CCc1ccccn1.CO[C@H](c1ccccn1)N(C)CCc1ccccn1.[Cu+2].[Cu+2].[Cu+2].[Cu+2].[N-]=[N+]=[N-].[N-]=[N+]=[N-].[N-]=[N+]=[N-].[N-]=[N+]=[N-].[N-]=[N+]=[N-].[N-]=[N+]=[N-].[N-]=[N+]=[N-].[N-]=[N+]=[N-]. The molecule has 4 heterocycles. The third-order valence-corrected chi connectivity index (χ3v) is 6.02. The number of methoxy groups -OCH3 is 2. The average molecular weight is 1110 g/mol. The van der Waals surface area contributed by atoms with Gasteiger partial charge >= 0.3 is 68.3 Å². The molecular weight excluding hydrogens is 1070 g/mol. The van der Waals surface area contributed by atoms with Crippen molar-refractivity contribution in [1.82, 2.24) is 29.7 Å². The summed E-state index contributed by atoms with van der Waals surface area (Å²) in [5, 5.41) is 0. The first kappa shape index (κ1) is 82.7. The Morgan fingerprint density at radius 3 is 0.773 bits per heavy atom. The summed E-state index contributed by atoms with van der Waals surface area (Å²) in [6.45, 7) is 1.73. The quantitative estimate of drug-likeness (QED) is 0.0430. The van der Waals surface area contributed by atoms with Crippen molar-refractivity contribution in [2.45, 2.75) is 25.3 Å². The molecule has 4 radical (unpaired) electrons. The molecule has 364 valence electrons. The molecule has 0 N–H and O–H groups in total. The van der Waals surface area contributed by atoms with Crippen LogP contribution in [0.3, 0.4) is 0 Å². The van der Waals surface area contributed by atoms with Crippen molar-refractivity contribution < 1.29 is 77.7 Å². The largest absolute Gasteiger partial charge is 2.00 e. The molecule has 0 aliphatic heterocycles. The first-order chi connectivity index (χ1) is 29.9. The third-order valence-electron chi connectivity index (χ3n) is 6.02. The summed E-state index contributed by atoms with van der Waals surface area (Å²) in [4.78, 5) is 33.6. The second-order valence-electron chi connectivity index (χ2n) is 9.50. The molecule has 36 heteroatoms. The Morgan fingerprint density at radius 1 is 0.394 bits per heavy atom. The van der Waals surface area contributed by atoms with Crippen LogP contribution in [0.1, 0.15) is 35.2 Å². The van der Waals surface area contributed by atoms with Gasteiger partial charge in [-0.2, -0.15) is 0 Å². The molecule has 32 nitrogen and oxygen atoms in total. The van der Waals surface area contributed by atoms with Crippen LogP contribution < -0.4 is 0 Å².